The minimum atomic E-state index is 0.731. The van der Waals surface area contributed by atoms with Crippen LogP contribution in [-0.2, 0) is 0 Å². The summed E-state index contributed by atoms with van der Waals surface area (Å²) in [7, 11) is 2.16. The summed E-state index contributed by atoms with van der Waals surface area (Å²) in [5.41, 5.74) is 2.65. The zero-order valence-electron chi connectivity index (χ0n) is 8.48. The van der Waals surface area contributed by atoms with Gasteiger partial charge in [-0.15, -0.1) is 0 Å². The largest absolute Gasteiger partial charge is 0.370 e. The summed E-state index contributed by atoms with van der Waals surface area (Å²) in [6.45, 7) is 2.37. The molecule has 3 nitrogen and oxygen atoms in total. The highest BCUT2D eigenvalue weighted by molar-refractivity contribution is 5.73. The van der Waals surface area contributed by atoms with E-state index >= 15 is 0 Å². The average Bonchev–Trinajstić information content (AvgIpc) is 2.66. The van der Waals surface area contributed by atoms with Gasteiger partial charge in [0.2, 0.25) is 0 Å². The van der Waals surface area contributed by atoms with Gasteiger partial charge >= 0.3 is 0 Å². The van der Waals surface area contributed by atoms with Crippen LogP contribution in [0.3, 0.4) is 0 Å². The van der Waals surface area contributed by atoms with Gasteiger partial charge in [0.05, 0.1) is 17.6 Å². The third-order valence-corrected chi connectivity index (χ3v) is 3.36. The Bertz CT molecular complexity index is 350. The fraction of sp³-hybridized carbons (Fsp3) is 0.545. The summed E-state index contributed by atoms with van der Waals surface area (Å²) in [6.07, 6.45) is 6.55. The highest BCUT2D eigenvalue weighted by atomic mass is 15.3. The Labute approximate surface area is 84.3 Å². The molecule has 3 heteroatoms. The summed E-state index contributed by atoms with van der Waals surface area (Å²) in [5.74, 6) is 0. The third kappa shape index (κ3) is 1.01. The first-order valence-corrected chi connectivity index (χ1v) is 5.28. The van der Waals surface area contributed by atoms with Crippen LogP contribution in [0.25, 0.3) is 0 Å². The van der Waals surface area contributed by atoms with Crippen molar-refractivity contribution in [3.8, 4) is 0 Å². The lowest BCUT2D eigenvalue weighted by atomic mass is 10.1. The quantitative estimate of drug-likeness (QED) is 0.616. The van der Waals surface area contributed by atoms with Crippen molar-refractivity contribution in [2.75, 3.05) is 29.9 Å². The van der Waals surface area contributed by atoms with Crippen LogP contribution in [0.2, 0.25) is 0 Å². The molecule has 1 saturated heterocycles. The number of pyridine rings is 1. The van der Waals surface area contributed by atoms with Crippen LogP contribution < -0.4 is 9.80 Å². The highest BCUT2D eigenvalue weighted by Crippen LogP contribution is 2.37. The Morgan fingerprint density at radius 1 is 1.43 bits per heavy atom. The Morgan fingerprint density at radius 2 is 2.36 bits per heavy atom. The van der Waals surface area contributed by atoms with Crippen LogP contribution >= 0.6 is 0 Å². The molecular weight excluding hydrogens is 174 g/mol. The molecule has 0 radical (unpaired) electrons. The zero-order chi connectivity index (χ0) is 9.54. The van der Waals surface area contributed by atoms with Crippen molar-refractivity contribution in [3.63, 3.8) is 0 Å². The molecule has 0 spiro atoms. The van der Waals surface area contributed by atoms with Crippen LogP contribution in [0.4, 0.5) is 11.4 Å². The van der Waals surface area contributed by atoms with E-state index in [0.29, 0.717) is 0 Å². The van der Waals surface area contributed by atoms with Crippen molar-refractivity contribution in [1.29, 1.82) is 0 Å². The number of nitrogens with zero attached hydrogens (tertiary/aromatic N) is 3. The van der Waals surface area contributed by atoms with Gasteiger partial charge in [0.15, 0.2) is 0 Å². The number of anilines is 2. The second-order valence-corrected chi connectivity index (χ2v) is 4.23. The Hall–Kier alpha value is -1.25. The number of hydrogen-bond acceptors (Lipinski definition) is 3. The Balaban J connectivity index is 2.09. The van der Waals surface area contributed by atoms with E-state index in [9.17, 15) is 0 Å². The van der Waals surface area contributed by atoms with E-state index in [0.717, 1.165) is 12.6 Å². The van der Waals surface area contributed by atoms with Crippen molar-refractivity contribution in [2.45, 2.75) is 18.9 Å². The van der Waals surface area contributed by atoms with Gasteiger partial charge in [-0.3, -0.25) is 4.98 Å². The van der Waals surface area contributed by atoms with Crippen molar-refractivity contribution in [3.05, 3.63) is 18.5 Å². The van der Waals surface area contributed by atoms with Gasteiger partial charge in [-0.05, 0) is 18.9 Å². The van der Waals surface area contributed by atoms with Crippen molar-refractivity contribution in [1.82, 2.24) is 4.98 Å². The maximum Gasteiger partial charge on any atom is 0.0788 e. The lowest BCUT2D eigenvalue weighted by Gasteiger charge is -2.39. The molecule has 1 aromatic heterocycles. The number of likely N-dealkylation sites (N-methyl/N-ethyl adjacent to an activating group) is 1. The Morgan fingerprint density at radius 3 is 3.29 bits per heavy atom. The standard InChI is InChI=1S/C11H15N3/c1-13-8-9-3-2-6-14(9)10-4-5-12-7-11(10)13/h4-5,7,9H,2-3,6,8H2,1H3/t9-/m0/s1. The van der Waals surface area contributed by atoms with Gasteiger partial charge in [0.1, 0.15) is 0 Å². The van der Waals surface area contributed by atoms with Crippen LogP contribution in [-0.4, -0.2) is 31.2 Å². The lowest BCUT2D eigenvalue weighted by Crippen LogP contribution is -2.44. The molecule has 1 aromatic rings. The lowest BCUT2D eigenvalue weighted by molar-refractivity contribution is 0.633. The average molecular weight is 189 g/mol. The molecule has 1 atom stereocenters. The predicted octanol–water partition coefficient (Wildman–Crippen LogP) is 1.50. The molecule has 74 valence electrons. The van der Waals surface area contributed by atoms with E-state index in [1.165, 1.54) is 30.8 Å². The molecule has 2 aliphatic heterocycles. The molecule has 0 amide bonds. The highest BCUT2D eigenvalue weighted by Gasteiger charge is 2.32. The summed E-state index contributed by atoms with van der Waals surface area (Å²) in [4.78, 5) is 9.06. The van der Waals surface area contributed by atoms with Crippen molar-refractivity contribution >= 4 is 11.4 Å². The molecule has 0 aromatic carbocycles. The zero-order valence-corrected chi connectivity index (χ0v) is 8.48. The molecule has 3 heterocycles. The maximum absolute atomic E-state index is 4.19. The number of hydrogen-bond donors (Lipinski definition) is 0. The van der Waals surface area contributed by atoms with Crippen LogP contribution in [0, 0.1) is 0 Å². The first-order chi connectivity index (χ1) is 6.86. The summed E-state index contributed by atoms with van der Waals surface area (Å²) in [6, 6.07) is 2.87. The third-order valence-electron chi connectivity index (χ3n) is 3.36. The molecule has 1 fully saturated rings. The molecule has 0 N–H and O–H groups in total. The minimum absolute atomic E-state index is 0.731. The first kappa shape index (κ1) is 8.09. The van der Waals surface area contributed by atoms with Crippen LogP contribution in [0.15, 0.2) is 18.5 Å². The molecule has 0 saturated carbocycles. The van der Waals surface area contributed by atoms with E-state index < -0.39 is 0 Å². The van der Waals surface area contributed by atoms with E-state index in [2.05, 4.69) is 27.9 Å². The first-order valence-electron chi connectivity index (χ1n) is 5.28. The van der Waals surface area contributed by atoms with Crippen LogP contribution in [0.5, 0.6) is 0 Å². The van der Waals surface area contributed by atoms with Gasteiger partial charge in [0.25, 0.3) is 0 Å². The fourth-order valence-corrected chi connectivity index (χ4v) is 2.67. The monoisotopic (exact) mass is 189 g/mol. The van der Waals surface area contributed by atoms with Gasteiger partial charge < -0.3 is 9.80 Å². The minimum Gasteiger partial charge on any atom is -0.370 e. The van der Waals surface area contributed by atoms with E-state index in [1.807, 2.05) is 12.4 Å². The number of rotatable bonds is 0. The molecular formula is C11H15N3. The molecule has 0 aliphatic carbocycles. The van der Waals surface area contributed by atoms with Gasteiger partial charge in [-0.1, -0.05) is 0 Å². The van der Waals surface area contributed by atoms with E-state index in [-0.39, 0.29) is 0 Å². The molecule has 3 rings (SSSR count). The molecule has 14 heavy (non-hydrogen) atoms. The van der Waals surface area contributed by atoms with Crippen LogP contribution in [0.1, 0.15) is 12.8 Å². The van der Waals surface area contributed by atoms with Crippen molar-refractivity contribution in [2.24, 2.45) is 0 Å². The summed E-state index contributed by atoms with van der Waals surface area (Å²) < 4.78 is 0. The Kier molecular flexibility index (Phi) is 1.66. The fourth-order valence-electron chi connectivity index (χ4n) is 2.67. The predicted molar refractivity (Wildman–Crippen MR) is 57.9 cm³/mol. The van der Waals surface area contributed by atoms with Gasteiger partial charge in [-0.2, -0.15) is 0 Å². The smallest absolute Gasteiger partial charge is 0.0788 e. The van der Waals surface area contributed by atoms with Crippen molar-refractivity contribution < 1.29 is 0 Å². The second-order valence-electron chi connectivity index (χ2n) is 4.23. The summed E-state index contributed by atoms with van der Waals surface area (Å²) >= 11 is 0. The molecule has 0 unspecified atom stereocenters. The number of aromatic nitrogens is 1. The molecule has 2 aliphatic rings. The number of fused-ring (bicyclic) bond motifs is 3. The summed E-state index contributed by atoms with van der Waals surface area (Å²) in [5, 5.41) is 0. The SMILES string of the molecule is CN1C[C@@H]2CCCN2c2ccncc21. The van der Waals surface area contributed by atoms with E-state index in [1.54, 1.807) is 0 Å². The second kappa shape index (κ2) is 2.87. The molecule has 0 bridgehead atoms. The van der Waals surface area contributed by atoms with Gasteiger partial charge in [0, 0.05) is 32.4 Å². The van der Waals surface area contributed by atoms with Gasteiger partial charge in [-0.25, -0.2) is 0 Å². The van der Waals surface area contributed by atoms with E-state index in [4.69, 9.17) is 0 Å². The normalized spacial score (nSPS) is 24.8. The topological polar surface area (TPSA) is 19.4 Å². The maximum atomic E-state index is 4.19.